The molecule has 1 N–H and O–H groups in total. The van der Waals surface area contributed by atoms with E-state index < -0.39 is 0 Å². The van der Waals surface area contributed by atoms with E-state index in [-0.39, 0.29) is 29.3 Å². The third kappa shape index (κ3) is 2.17. The highest BCUT2D eigenvalue weighted by Gasteiger charge is 2.33. The Bertz CT molecular complexity index is 585. The molecule has 0 radical (unpaired) electrons. The van der Waals surface area contributed by atoms with E-state index in [0.29, 0.717) is 42.9 Å². The largest absolute Gasteiger partial charge is 0.492 e. The summed E-state index contributed by atoms with van der Waals surface area (Å²) < 4.78 is 19.5. The fourth-order valence-corrected chi connectivity index (χ4v) is 2.94. The zero-order valence-electron chi connectivity index (χ0n) is 11.2. The molecule has 1 fully saturated rings. The average Bonchev–Trinajstić information content (AvgIpc) is 2.94. The Balaban J connectivity index is 1.81. The minimum Gasteiger partial charge on any atom is -0.492 e. The molecule has 0 unspecified atom stereocenters. The zero-order chi connectivity index (χ0) is 14.3. The molecule has 1 heterocycles. The standard InChI is InChI=1S/C15H16FNO3/c1-8-4-11(18)15-12(3-2-10(16)14(8)15)20-7-9-5-13(19)17-6-9/h2-3,8-9H,4-7H2,1H3,(H,17,19)/t8-,9+/m0/s1. The molecule has 1 saturated heterocycles. The topological polar surface area (TPSA) is 55.4 Å². The highest BCUT2D eigenvalue weighted by atomic mass is 19.1. The van der Waals surface area contributed by atoms with Gasteiger partial charge in [0.05, 0.1) is 12.2 Å². The van der Waals surface area contributed by atoms with Gasteiger partial charge in [-0.3, -0.25) is 9.59 Å². The molecule has 1 aromatic rings. The number of benzene rings is 1. The number of ketones is 1. The van der Waals surface area contributed by atoms with Crippen molar-refractivity contribution < 1.29 is 18.7 Å². The van der Waals surface area contributed by atoms with Gasteiger partial charge in [-0.1, -0.05) is 6.92 Å². The second kappa shape index (κ2) is 4.89. The lowest BCUT2D eigenvalue weighted by molar-refractivity contribution is -0.119. The van der Waals surface area contributed by atoms with Crippen molar-refractivity contribution in [3.63, 3.8) is 0 Å². The lowest BCUT2D eigenvalue weighted by Gasteiger charge is -2.14. The average molecular weight is 277 g/mol. The first-order chi connectivity index (χ1) is 9.56. The van der Waals surface area contributed by atoms with Crippen LogP contribution in [0.2, 0.25) is 0 Å². The van der Waals surface area contributed by atoms with Crippen molar-refractivity contribution in [3.8, 4) is 5.75 Å². The van der Waals surface area contributed by atoms with Crippen LogP contribution in [0, 0.1) is 11.7 Å². The van der Waals surface area contributed by atoms with Gasteiger partial charge in [0.1, 0.15) is 11.6 Å². The van der Waals surface area contributed by atoms with Crippen LogP contribution in [-0.2, 0) is 4.79 Å². The fourth-order valence-electron chi connectivity index (χ4n) is 2.94. The first-order valence-electron chi connectivity index (χ1n) is 6.81. The van der Waals surface area contributed by atoms with Crippen molar-refractivity contribution >= 4 is 11.7 Å². The zero-order valence-corrected chi connectivity index (χ0v) is 11.2. The number of nitrogens with one attached hydrogen (secondary N) is 1. The van der Waals surface area contributed by atoms with Gasteiger partial charge in [0.25, 0.3) is 0 Å². The lowest BCUT2D eigenvalue weighted by Crippen LogP contribution is -2.17. The summed E-state index contributed by atoms with van der Waals surface area (Å²) in [5.41, 5.74) is 0.850. The van der Waals surface area contributed by atoms with Gasteiger partial charge in [-0.2, -0.15) is 0 Å². The van der Waals surface area contributed by atoms with Gasteiger partial charge in [-0.05, 0) is 18.1 Å². The van der Waals surface area contributed by atoms with E-state index >= 15 is 0 Å². The molecule has 1 aliphatic heterocycles. The molecule has 0 aromatic heterocycles. The Labute approximate surface area is 116 Å². The molecule has 0 saturated carbocycles. The van der Waals surface area contributed by atoms with Crippen LogP contribution in [0.4, 0.5) is 4.39 Å². The first kappa shape index (κ1) is 13.1. The molecule has 1 amide bonds. The number of hydrogen-bond acceptors (Lipinski definition) is 3. The maximum Gasteiger partial charge on any atom is 0.220 e. The summed E-state index contributed by atoms with van der Waals surface area (Å²) in [6, 6.07) is 2.86. The van der Waals surface area contributed by atoms with Gasteiger partial charge >= 0.3 is 0 Å². The molecule has 5 heteroatoms. The fraction of sp³-hybridized carbons (Fsp3) is 0.467. The number of amides is 1. The molecule has 0 bridgehead atoms. The van der Waals surface area contributed by atoms with E-state index in [0.717, 1.165) is 0 Å². The monoisotopic (exact) mass is 277 g/mol. The van der Waals surface area contributed by atoms with E-state index in [1.807, 2.05) is 6.92 Å². The summed E-state index contributed by atoms with van der Waals surface area (Å²) in [5.74, 6) is 0.0571. The second-order valence-corrected chi connectivity index (χ2v) is 5.55. The molecular formula is C15H16FNO3. The molecular weight excluding hydrogens is 261 g/mol. The van der Waals surface area contributed by atoms with Gasteiger partial charge in [0.15, 0.2) is 5.78 Å². The van der Waals surface area contributed by atoms with Crippen LogP contribution in [0.15, 0.2) is 12.1 Å². The summed E-state index contributed by atoms with van der Waals surface area (Å²) in [6.45, 7) is 2.79. The van der Waals surface area contributed by atoms with Crippen molar-refractivity contribution in [3.05, 3.63) is 29.1 Å². The molecule has 0 spiro atoms. The third-order valence-corrected chi connectivity index (χ3v) is 3.95. The lowest BCUT2D eigenvalue weighted by atomic mass is 10.0. The van der Waals surface area contributed by atoms with Crippen LogP contribution in [0.25, 0.3) is 0 Å². The maximum atomic E-state index is 13.8. The molecule has 3 rings (SSSR count). The molecule has 1 aliphatic carbocycles. The molecule has 2 atom stereocenters. The molecule has 20 heavy (non-hydrogen) atoms. The number of halogens is 1. The normalized spacial score (nSPS) is 24.7. The van der Waals surface area contributed by atoms with Crippen molar-refractivity contribution in [2.45, 2.75) is 25.7 Å². The van der Waals surface area contributed by atoms with Crippen LogP contribution in [0.3, 0.4) is 0 Å². The van der Waals surface area contributed by atoms with Crippen molar-refractivity contribution in [1.29, 1.82) is 0 Å². The minimum absolute atomic E-state index is 0.0210. The maximum absolute atomic E-state index is 13.8. The Kier molecular flexibility index (Phi) is 3.20. The van der Waals surface area contributed by atoms with Gasteiger partial charge in [-0.25, -0.2) is 4.39 Å². The van der Waals surface area contributed by atoms with Crippen molar-refractivity contribution in [1.82, 2.24) is 5.32 Å². The predicted molar refractivity (Wildman–Crippen MR) is 70.4 cm³/mol. The van der Waals surface area contributed by atoms with Gasteiger partial charge in [-0.15, -0.1) is 0 Å². The van der Waals surface area contributed by atoms with Gasteiger partial charge in [0, 0.05) is 30.9 Å². The van der Waals surface area contributed by atoms with Gasteiger partial charge < -0.3 is 10.1 Å². The SMILES string of the molecule is C[C@H]1CC(=O)c2c(OC[C@H]3CNC(=O)C3)ccc(F)c21. The van der Waals surface area contributed by atoms with E-state index in [1.165, 1.54) is 12.1 Å². The number of carbonyl (C=O) groups is 2. The van der Waals surface area contributed by atoms with E-state index in [1.54, 1.807) is 0 Å². The summed E-state index contributed by atoms with van der Waals surface area (Å²) in [7, 11) is 0. The molecule has 2 aliphatic rings. The molecule has 1 aromatic carbocycles. The van der Waals surface area contributed by atoms with E-state index in [2.05, 4.69) is 5.32 Å². The number of ether oxygens (including phenoxy) is 1. The van der Waals surface area contributed by atoms with Crippen molar-refractivity contribution in [2.75, 3.05) is 13.2 Å². The van der Waals surface area contributed by atoms with Gasteiger partial charge in [0.2, 0.25) is 5.91 Å². The Morgan fingerprint density at radius 1 is 1.35 bits per heavy atom. The Morgan fingerprint density at radius 2 is 2.15 bits per heavy atom. The first-order valence-corrected chi connectivity index (χ1v) is 6.81. The minimum atomic E-state index is -0.344. The van der Waals surface area contributed by atoms with E-state index in [9.17, 15) is 14.0 Å². The van der Waals surface area contributed by atoms with Crippen LogP contribution in [0.5, 0.6) is 5.75 Å². The quantitative estimate of drug-likeness (QED) is 0.919. The van der Waals surface area contributed by atoms with Crippen LogP contribution in [-0.4, -0.2) is 24.8 Å². The van der Waals surface area contributed by atoms with Crippen LogP contribution in [0.1, 0.15) is 41.6 Å². The molecule has 4 nitrogen and oxygen atoms in total. The number of hydrogen-bond donors (Lipinski definition) is 1. The summed E-state index contributed by atoms with van der Waals surface area (Å²) in [6.07, 6.45) is 0.768. The summed E-state index contributed by atoms with van der Waals surface area (Å²) in [4.78, 5) is 23.1. The highest BCUT2D eigenvalue weighted by Crippen LogP contribution is 2.39. The summed E-state index contributed by atoms with van der Waals surface area (Å²) >= 11 is 0. The number of fused-ring (bicyclic) bond motifs is 1. The van der Waals surface area contributed by atoms with Crippen LogP contribution < -0.4 is 10.1 Å². The number of rotatable bonds is 3. The van der Waals surface area contributed by atoms with Crippen molar-refractivity contribution in [2.24, 2.45) is 5.92 Å². The van der Waals surface area contributed by atoms with E-state index in [4.69, 9.17) is 4.74 Å². The van der Waals surface area contributed by atoms with Crippen LogP contribution >= 0.6 is 0 Å². The smallest absolute Gasteiger partial charge is 0.220 e. The predicted octanol–water partition coefficient (Wildman–Crippen LogP) is 2.03. The Morgan fingerprint density at radius 3 is 2.85 bits per heavy atom. The number of carbonyl (C=O) groups excluding carboxylic acids is 2. The Hall–Kier alpha value is -1.91. The molecule has 106 valence electrons. The number of Topliss-reactive ketones (excluding diaryl/α,β-unsaturated/α-hetero) is 1. The highest BCUT2D eigenvalue weighted by molar-refractivity contribution is 6.03. The summed E-state index contributed by atoms with van der Waals surface area (Å²) in [5, 5.41) is 2.74. The third-order valence-electron chi connectivity index (χ3n) is 3.95. The second-order valence-electron chi connectivity index (χ2n) is 5.55.